The first-order valence-corrected chi connectivity index (χ1v) is 14.0. The molecule has 0 bridgehead atoms. The third-order valence-electron chi connectivity index (χ3n) is 7.23. The Hall–Kier alpha value is -4.52. The molecule has 14 heteroatoms. The highest BCUT2D eigenvalue weighted by Gasteiger charge is 2.24. The average molecular weight is 638 g/mol. The fourth-order valence-corrected chi connectivity index (χ4v) is 5.55. The van der Waals surface area contributed by atoms with Gasteiger partial charge in [0.2, 0.25) is 0 Å². The molecule has 0 amide bonds. The minimum atomic E-state index is -1.22. The van der Waals surface area contributed by atoms with Crippen LogP contribution in [-0.2, 0) is 25.7 Å². The van der Waals surface area contributed by atoms with Crippen LogP contribution in [0.2, 0.25) is 10.0 Å². The second-order valence-electron chi connectivity index (χ2n) is 10.8. The Morgan fingerprint density at radius 3 is 2.27 bits per heavy atom. The maximum atomic E-state index is 14.4. The Morgan fingerprint density at radius 2 is 1.61 bits per heavy atom. The molecule has 0 saturated heterocycles. The summed E-state index contributed by atoms with van der Waals surface area (Å²) in [6.45, 7) is 2.70. The van der Waals surface area contributed by atoms with E-state index in [1.807, 2.05) is 0 Å². The van der Waals surface area contributed by atoms with E-state index in [4.69, 9.17) is 23.2 Å². The second kappa shape index (κ2) is 10.9. The van der Waals surface area contributed by atoms with Gasteiger partial charge in [0, 0.05) is 35.6 Å². The second-order valence-corrected chi connectivity index (χ2v) is 11.6. The smallest absolute Gasteiger partial charge is 0.332 e. The van der Waals surface area contributed by atoms with E-state index in [-0.39, 0.29) is 40.9 Å². The zero-order valence-electron chi connectivity index (χ0n) is 23.5. The van der Waals surface area contributed by atoms with E-state index >= 15 is 0 Å². The van der Waals surface area contributed by atoms with Crippen LogP contribution in [0.15, 0.2) is 64.7 Å². The lowest BCUT2D eigenvalue weighted by molar-refractivity contribution is 0.0786. The minimum Gasteiger partial charge on any atom is -0.386 e. The summed E-state index contributed by atoms with van der Waals surface area (Å²) in [4.78, 5) is 41.3. The van der Waals surface area contributed by atoms with E-state index in [0.29, 0.717) is 27.2 Å². The van der Waals surface area contributed by atoms with Gasteiger partial charge < -0.3 is 5.11 Å². The number of hydrogen-bond donors (Lipinski definition) is 1. The molecule has 0 unspecified atom stereocenters. The number of fused-ring (bicyclic) bond motifs is 3. The summed E-state index contributed by atoms with van der Waals surface area (Å²) in [5.41, 5.74) is -0.399. The number of aliphatic hydroxyl groups is 1. The van der Waals surface area contributed by atoms with Gasteiger partial charge >= 0.3 is 5.69 Å². The lowest BCUT2D eigenvalue weighted by Crippen LogP contribution is -2.41. The SMILES string of the molecule is Cn1cnc(Cn2c(=O)c3c4nccnc4c(-c4cc(C(C)(C)O)ccc4Cl)cc3n(Cc3cc(F)c(F)c(Cl)c3)c2=O)n1. The molecule has 1 N–H and O–H groups in total. The van der Waals surface area contributed by atoms with Crippen molar-refractivity contribution in [3.63, 3.8) is 0 Å². The molecule has 0 spiro atoms. The Morgan fingerprint density at radius 1 is 0.886 bits per heavy atom. The van der Waals surface area contributed by atoms with Gasteiger partial charge in [-0.05, 0) is 55.3 Å². The fraction of sp³-hybridized carbons (Fsp3) is 0.200. The summed E-state index contributed by atoms with van der Waals surface area (Å²) >= 11 is 12.6. The summed E-state index contributed by atoms with van der Waals surface area (Å²) in [5, 5.41) is 14.8. The first kappa shape index (κ1) is 29.5. The van der Waals surface area contributed by atoms with Crippen LogP contribution in [0.3, 0.4) is 0 Å². The molecule has 0 aliphatic heterocycles. The van der Waals surface area contributed by atoms with Gasteiger partial charge in [-0.2, -0.15) is 5.10 Å². The first-order valence-electron chi connectivity index (χ1n) is 13.2. The lowest BCUT2D eigenvalue weighted by Gasteiger charge is -2.20. The van der Waals surface area contributed by atoms with Gasteiger partial charge in [0.05, 0.1) is 40.1 Å². The van der Waals surface area contributed by atoms with Gasteiger partial charge in [-0.25, -0.2) is 18.6 Å². The van der Waals surface area contributed by atoms with Gasteiger partial charge in [-0.15, -0.1) is 0 Å². The van der Waals surface area contributed by atoms with Gasteiger partial charge in [0.1, 0.15) is 11.8 Å². The van der Waals surface area contributed by atoms with E-state index in [1.165, 1.54) is 34.0 Å². The largest absolute Gasteiger partial charge is 0.386 e. The van der Waals surface area contributed by atoms with Crippen molar-refractivity contribution >= 4 is 45.1 Å². The number of aryl methyl sites for hydroxylation is 1. The van der Waals surface area contributed by atoms with Gasteiger partial charge in [0.15, 0.2) is 17.5 Å². The molecule has 6 aromatic rings. The highest BCUT2D eigenvalue weighted by atomic mass is 35.5. The topological polar surface area (TPSA) is 121 Å². The van der Waals surface area contributed by atoms with Gasteiger partial charge in [0.25, 0.3) is 5.56 Å². The highest BCUT2D eigenvalue weighted by molar-refractivity contribution is 6.34. The first-order chi connectivity index (χ1) is 20.8. The Bertz CT molecular complexity index is 2220. The molecule has 0 saturated carbocycles. The van der Waals surface area contributed by atoms with Crippen LogP contribution in [0.25, 0.3) is 33.1 Å². The van der Waals surface area contributed by atoms with E-state index in [0.717, 1.165) is 10.6 Å². The van der Waals surface area contributed by atoms with Crippen LogP contribution >= 0.6 is 23.2 Å². The number of aromatic nitrogens is 7. The molecule has 224 valence electrons. The molecule has 3 aromatic carbocycles. The quantitative estimate of drug-likeness (QED) is 0.205. The van der Waals surface area contributed by atoms with Crippen molar-refractivity contribution in [1.82, 2.24) is 33.9 Å². The van der Waals surface area contributed by atoms with Crippen molar-refractivity contribution < 1.29 is 13.9 Å². The van der Waals surface area contributed by atoms with Crippen LogP contribution < -0.4 is 11.2 Å². The number of benzene rings is 3. The summed E-state index contributed by atoms with van der Waals surface area (Å²) in [7, 11) is 1.65. The standard InChI is InChI=1S/C30H23Cl2F2N7O3/c1-30(2,44)16-4-5-19(31)17(10-16)18-11-22-24(27-26(18)35-6-7-36-27)28(42)41(13-23-37-14-39(3)38-23)29(43)40(22)12-15-8-20(32)25(34)21(33)9-15/h4-11,14,44H,12-13H2,1-3H3. The normalized spacial score (nSPS) is 12.0. The molecule has 0 radical (unpaired) electrons. The van der Waals surface area contributed by atoms with Crippen molar-refractivity contribution in [2.75, 3.05) is 0 Å². The van der Waals surface area contributed by atoms with Crippen molar-refractivity contribution in [1.29, 1.82) is 0 Å². The molecule has 3 aromatic heterocycles. The molecule has 0 fully saturated rings. The molecule has 0 atom stereocenters. The van der Waals surface area contributed by atoms with Crippen molar-refractivity contribution in [2.45, 2.75) is 32.5 Å². The number of hydrogen-bond acceptors (Lipinski definition) is 7. The van der Waals surface area contributed by atoms with E-state index in [2.05, 4.69) is 20.1 Å². The van der Waals surface area contributed by atoms with Crippen LogP contribution in [0.5, 0.6) is 0 Å². The summed E-state index contributed by atoms with van der Waals surface area (Å²) < 4.78 is 32.0. The molecule has 3 heterocycles. The predicted octanol–water partition coefficient (Wildman–Crippen LogP) is 4.81. The third-order valence-corrected chi connectivity index (χ3v) is 7.84. The number of rotatable bonds is 6. The zero-order chi connectivity index (χ0) is 31.5. The lowest BCUT2D eigenvalue weighted by atomic mass is 9.93. The Balaban J connectivity index is 1.72. The average Bonchev–Trinajstić information content (AvgIpc) is 3.39. The van der Waals surface area contributed by atoms with E-state index in [1.54, 1.807) is 45.2 Å². The van der Waals surface area contributed by atoms with Crippen LogP contribution in [0, 0.1) is 11.6 Å². The van der Waals surface area contributed by atoms with Crippen molar-refractivity contribution in [3.8, 4) is 11.1 Å². The van der Waals surface area contributed by atoms with Crippen LogP contribution in [-0.4, -0.2) is 39.0 Å². The Labute approximate surface area is 257 Å². The number of halogens is 4. The minimum absolute atomic E-state index is 0.0517. The summed E-state index contributed by atoms with van der Waals surface area (Å²) in [6, 6.07) is 8.73. The molecular formula is C30H23Cl2F2N7O3. The zero-order valence-corrected chi connectivity index (χ0v) is 25.0. The van der Waals surface area contributed by atoms with E-state index in [9.17, 15) is 23.5 Å². The molecular weight excluding hydrogens is 615 g/mol. The van der Waals surface area contributed by atoms with Crippen LogP contribution in [0.4, 0.5) is 8.78 Å². The third kappa shape index (κ3) is 5.14. The van der Waals surface area contributed by atoms with Gasteiger partial charge in [-0.1, -0.05) is 29.3 Å². The van der Waals surface area contributed by atoms with E-state index < -0.39 is 33.5 Å². The number of nitrogens with zero attached hydrogens (tertiary/aromatic N) is 7. The molecule has 6 rings (SSSR count). The predicted molar refractivity (Wildman–Crippen MR) is 162 cm³/mol. The summed E-state index contributed by atoms with van der Waals surface area (Å²) in [5.74, 6) is -2.21. The molecule has 10 nitrogen and oxygen atoms in total. The summed E-state index contributed by atoms with van der Waals surface area (Å²) in [6.07, 6.45) is 4.30. The van der Waals surface area contributed by atoms with Gasteiger partial charge in [-0.3, -0.25) is 28.6 Å². The Kier molecular flexibility index (Phi) is 7.31. The fourth-order valence-electron chi connectivity index (χ4n) is 5.10. The van der Waals surface area contributed by atoms with Crippen molar-refractivity contribution in [3.05, 3.63) is 115 Å². The molecule has 0 aliphatic carbocycles. The molecule has 44 heavy (non-hydrogen) atoms. The van der Waals surface area contributed by atoms with Crippen molar-refractivity contribution in [2.24, 2.45) is 7.05 Å². The highest BCUT2D eigenvalue weighted by Crippen LogP contribution is 2.37. The maximum absolute atomic E-state index is 14.4. The van der Waals surface area contributed by atoms with Crippen LogP contribution in [0.1, 0.15) is 30.8 Å². The molecule has 0 aliphatic rings. The monoisotopic (exact) mass is 637 g/mol. The maximum Gasteiger partial charge on any atom is 0.332 e.